The summed E-state index contributed by atoms with van der Waals surface area (Å²) in [7, 11) is 0. The van der Waals surface area contributed by atoms with E-state index in [1.54, 1.807) is 6.21 Å². The predicted molar refractivity (Wildman–Crippen MR) is 67.0 cm³/mol. The van der Waals surface area contributed by atoms with Crippen LogP contribution < -0.4 is 0 Å². The van der Waals surface area contributed by atoms with Crippen molar-refractivity contribution in [2.45, 2.75) is 0 Å². The molecule has 0 saturated heterocycles. The minimum absolute atomic E-state index is 0.845. The van der Waals surface area contributed by atoms with Gasteiger partial charge in [0.25, 0.3) is 0 Å². The molecule has 3 aromatic rings. The smallest absolute Gasteiger partial charge is 0.115 e. The van der Waals surface area contributed by atoms with Gasteiger partial charge < -0.3 is 0 Å². The molecule has 4 nitrogen and oxygen atoms in total. The van der Waals surface area contributed by atoms with Crippen molar-refractivity contribution in [3.05, 3.63) is 60.2 Å². The Morgan fingerprint density at radius 3 is 2.59 bits per heavy atom. The number of nitrogens with zero attached hydrogens (tertiary/aromatic N) is 4. The largest absolute Gasteiger partial charge is 0.156 e. The first kappa shape index (κ1) is 9.72. The summed E-state index contributed by atoms with van der Waals surface area (Å²) in [6.45, 7) is 0. The van der Waals surface area contributed by atoms with Gasteiger partial charge in [0.1, 0.15) is 11.0 Å². The van der Waals surface area contributed by atoms with Crippen LogP contribution in [0.15, 0.2) is 59.7 Å². The van der Waals surface area contributed by atoms with E-state index in [1.807, 2.05) is 54.6 Å². The van der Waals surface area contributed by atoms with Crippen LogP contribution in [0.2, 0.25) is 0 Å². The molecule has 0 aliphatic heterocycles. The monoisotopic (exact) mass is 222 g/mol. The SMILES string of the molecule is C(=N/n1nnc2ccccc21)/c1ccccc1. The number of fused-ring (bicyclic) bond motifs is 1. The summed E-state index contributed by atoms with van der Waals surface area (Å²) in [4.78, 5) is 1.53. The minimum atomic E-state index is 0.845. The molecule has 3 rings (SSSR count). The van der Waals surface area contributed by atoms with Gasteiger partial charge in [0.05, 0.1) is 6.21 Å². The topological polar surface area (TPSA) is 43.1 Å². The van der Waals surface area contributed by atoms with Crippen LogP contribution in [-0.4, -0.2) is 21.3 Å². The Morgan fingerprint density at radius 1 is 0.941 bits per heavy atom. The molecule has 4 heteroatoms. The van der Waals surface area contributed by atoms with Gasteiger partial charge in [-0.05, 0) is 22.9 Å². The molecule has 0 radical (unpaired) electrons. The van der Waals surface area contributed by atoms with E-state index in [9.17, 15) is 0 Å². The molecule has 2 aromatic carbocycles. The van der Waals surface area contributed by atoms with Crippen molar-refractivity contribution < 1.29 is 0 Å². The highest BCUT2D eigenvalue weighted by molar-refractivity contribution is 5.80. The van der Waals surface area contributed by atoms with Gasteiger partial charge >= 0.3 is 0 Å². The molecule has 0 aliphatic carbocycles. The zero-order valence-corrected chi connectivity index (χ0v) is 9.06. The number of rotatable bonds is 2. The molecule has 82 valence electrons. The lowest BCUT2D eigenvalue weighted by Gasteiger charge is -1.93. The lowest BCUT2D eigenvalue weighted by Crippen LogP contribution is -1.92. The molecule has 0 fully saturated rings. The van der Waals surface area contributed by atoms with Crippen molar-refractivity contribution in [2.75, 3.05) is 0 Å². The third-order valence-corrected chi connectivity index (χ3v) is 2.45. The summed E-state index contributed by atoms with van der Waals surface area (Å²) in [5.74, 6) is 0. The molecule has 0 saturated carbocycles. The maximum atomic E-state index is 4.28. The Balaban J connectivity index is 1.98. The molecule has 0 N–H and O–H groups in total. The number of benzene rings is 2. The van der Waals surface area contributed by atoms with E-state index < -0.39 is 0 Å². The Labute approximate surface area is 98.2 Å². The lowest BCUT2D eigenvalue weighted by atomic mass is 10.2. The lowest BCUT2D eigenvalue weighted by molar-refractivity contribution is 0.718. The van der Waals surface area contributed by atoms with Gasteiger partial charge in [-0.25, -0.2) is 0 Å². The molecule has 0 aliphatic rings. The van der Waals surface area contributed by atoms with Crippen LogP contribution in [0.25, 0.3) is 11.0 Å². The molecule has 0 bridgehead atoms. The first-order chi connectivity index (χ1) is 8.43. The van der Waals surface area contributed by atoms with Gasteiger partial charge in [0.15, 0.2) is 0 Å². The molecule has 0 unspecified atom stereocenters. The van der Waals surface area contributed by atoms with Crippen LogP contribution in [0, 0.1) is 0 Å². The third-order valence-electron chi connectivity index (χ3n) is 2.45. The van der Waals surface area contributed by atoms with Crippen LogP contribution in [-0.2, 0) is 0 Å². The van der Waals surface area contributed by atoms with Gasteiger partial charge in [-0.15, -0.1) is 9.89 Å². The van der Waals surface area contributed by atoms with E-state index in [1.165, 1.54) is 4.79 Å². The number of para-hydroxylation sites is 1. The summed E-state index contributed by atoms with van der Waals surface area (Å²) in [6.07, 6.45) is 1.76. The minimum Gasteiger partial charge on any atom is -0.156 e. The predicted octanol–water partition coefficient (Wildman–Crippen LogP) is 2.31. The van der Waals surface area contributed by atoms with Crippen molar-refractivity contribution in [1.29, 1.82) is 0 Å². The standard InChI is InChI=1S/C13H10N4/c1-2-6-11(7-3-1)10-14-17-13-9-5-4-8-12(13)15-16-17/h1-10H/b14-10-. The zero-order valence-electron chi connectivity index (χ0n) is 9.06. The van der Waals surface area contributed by atoms with Crippen molar-refractivity contribution in [3.63, 3.8) is 0 Å². The van der Waals surface area contributed by atoms with E-state index in [0.29, 0.717) is 0 Å². The van der Waals surface area contributed by atoms with E-state index in [4.69, 9.17) is 0 Å². The second-order valence-corrected chi connectivity index (χ2v) is 3.62. The Kier molecular flexibility index (Phi) is 2.38. The molecule has 0 atom stereocenters. The van der Waals surface area contributed by atoms with E-state index in [-0.39, 0.29) is 0 Å². The van der Waals surface area contributed by atoms with Crippen molar-refractivity contribution in [3.8, 4) is 0 Å². The third kappa shape index (κ3) is 1.92. The second kappa shape index (κ2) is 4.17. The summed E-state index contributed by atoms with van der Waals surface area (Å²) in [6, 6.07) is 17.6. The van der Waals surface area contributed by atoms with Crippen LogP contribution in [0.1, 0.15) is 5.56 Å². The average molecular weight is 222 g/mol. The van der Waals surface area contributed by atoms with Gasteiger partial charge in [-0.2, -0.15) is 5.10 Å². The average Bonchev–Trinajstić information content (AvgIpc) is 2.81. The van der Waals surface area contributed by atoms with Crippen molar-refractivity contribution >= 4 is 17.2 Å². The summed E-state index contributed by atoms with van der Waals surface area (Å²) in [5, 5.41) is 12.3. The maximum absolute atomic E-state index is 4.28. The van der Waals surface area contributed by atoms with E-state index in [0.717, 1.165) is 16.6 Å². The van der Waals surface area contributed by atoms with Crippen molar-refractivity contribution in [2.24, 2.45) is 5.10 Å². The fourth-order valence-electron chi connectivity index (χ4n) is 1.60. The molecule has 1 heterocycles. The van der Waals surface area contributed by atoms with Gasteiger partial charge in [0.2, 0.25) is 0 Å². The molecule has 0 spiro atoms. The van der Waals surface area contributed by atoms with Gasteiger partial charge in [-0.1, -0.05) is 42.5 Å². The quantitative estimate of drug-likeness (QED) is 0.624. The van der Waals surface area contributed by atoms with Gasteiger partial charge in [0, 0.05) is 0 Å². The highest BCUT2D eigenvalue weighted by Gasteiger charge is 2.00. The van der Waals surface area contributed by atoms with Crippen LogP contribution >= 0.6 is 0 Å². The highest BCUT2D eigenvalue weighted by Crippen LogP contribution is 2.09. The van der Waals surface area contributed by atoms with Crippen molar-refractivity contribution in [1.82, 2.24) is 15.1 Å². The van der Waals surface area contributed by atoms with Gasteiger partial charge in [-0.3, -0.25) is 0 Å². The molecule has 0 amide bonds. The summed E-state index contributed by atoms with van der Waals surface area (Å²) >= 11 is 0. The fourth-order valence-corrected chi connectivity index (χ4v) is 1.60. The van der Waals surface area contributed by atoms with Crippen LogP contribution in [0.5, 0.6) is 0 Å². The molecular weight excluding hydrogens is 212 g/mol. The maximum Gasteiger partial charge on any atom is 0.115 e. The highest BCUT2D eigenvalue weighted by atomic mass is 15.6. The Morgan fingerprint density at radius 2 is 1.71 bits per heavy atom. The van der Waals surface area contributed by atoms with Crippen LogP contribution in [0.3, 0.4) is 0 Å². The number of hydrogen-bond donors (Lipinski definition) is 0. The summed E-state index contributed by atoms with van der Waals surface area (Å²) < 4.78 is 0. The zero-order chi connectivity index (χ0) is 11.5. The Bertz CT molecular complexity index is 655. The molecular formula is C13H10N4. The summed E-state index contributed by atoms with van der Waals surface area (Å²) in [5.41, 5.74) is 2.78. The van der Waals surface area contributed by atoms with E-state index >= 15 is 0 Å². The second-order valence-electron chi connectivity index (χ2n) is 3.62. The number of aromatic nitrogens is 3. The molecule has 1 aromatic heterocycles. The normalized spacial score (nSPS) is 11.3. The molecule has 17 heavy (non-hydrogen) atoms. The first-order valence-corrected chi connectivity index (χ1v) is 5.33. The van der Waals surface area contributed by atoms with Crippen LogP contribution in [0.4, 0.5) is 0 Å². The fraction of sp³-hybridized carbons (Fsp3) is 0. The Hall–Kier alpha value is -2.49. The van der Waals surface area contributed by atoms with E-state index in [2.05, 4.69) is 15.4 Å². The first-order valence-electron chi connectivity index (χ1n) is 5.33. The number of hydrogen-bond acceptors (Lipinski definition) is 3.